The van der Waals surface area contributed by atoms with Crippen LogP contribution >= 0.6 is 11.3 Å². The first-order valence-electron chi connectivity index (χ1n) is 6.95. The number of nitrogens with zero attached hydrogens (tertiary/aromatic N) is 3. The summed E-state index contributed by atoms with van der Waals surface area (Å²) in [5.74, 6) is 0.245. The molecule has 0 N–H and O–H groups in total. The highest BCUT2D eigenvalue weighted by atomic mass is 32.1. The lowest BCUT2D eigenvalue weighted by Gasteiger charge is -2.35. The van der Waals surface area contributed by atoms with E-state index >= 15 is 0 Å². The average molecular weight is 285 g/mol. The van der Waals surface area contributed by atoms with Gasteiger partial charge in [-0.05, 0) is 24.3 Å². The Morgan fingerprint density at radius 3 is 3.25 bits per heavy atom. The van der Waals surface area contributed by atoms with Gasteiger partial charge in [0.15, 0.2) is 0 Å². The Labute approximate surface area is 121 Å². The second kappa shape index (κ2) is 4.66. The summed E-state index contributed by atoms with van der Waals surface area (Å²) in [4.78, 5) is 24.4. The van der Waals surface area contributed by atoms with Gasteiger partial charge in [0.2, 0.25) is 5.91 Å². The summed E-state index contributed by atoms with van der Waals surface area (Å²) in [6.07, 6.45) is 7.03. The number of amides is 1. The highest BCUT2D eigenvalue weighted by Gasteiger charge is 2.42. The Morgan fingerprint density at radius 1 is 1.45 bits per heavy atom. The molecular weight excluding hydrogens is 270 g/mol. The minimum atomic E-state index is 0.192. The maximum Gasteiger partial charge on any atom is 0.228 e. The highest BCUT2D eigenvalue weighted by Crippen LogP contribution is 2.42. The maximum atomic E-state index is 12.6. The minimum Gasteiger partial charge on any atom is -0.332 e. The Bertz CT molecular complexity index is 640. The second-order valence-corrected chi connectivity index (χ2v) is 6.47. The van der Waals surface area contributed by atoms with Crippen molar-refractivity contribution in [2.75, 3.05) is 0 Å². The van der Waals surface area contributed by atoms with Crippen molar-refractivity contribution in [3.63, 3.8) is 0 Å². The molecule has 0 radical (unpaired) electrons. The van der Waals surface area contributed by atoms with Crippen LogP contribution < -0.4 is 0 Å². The normalized spacial score (nSPS) is 23.7. The molecule has 0 unspecified atom stereocenters. The zero-order chi connectivity index (χ0) is 13.5. The first kappa shape index (κ1) is 12.0. The monoisotopic (exact) mass is 285 g/mol. The van der Waals surface area contributed by atoms with E-state index in [-0.39, 0.29) is 11.9 Å². The predicted molar refractivity (Wildman–Crippen MR) is 76.4 cm³/mol. The lowest BCUT2D eigenvalue weighted by molar-refractivity contribution is -0.133. The molecule has 1 saturated heterocycles. The third kappa shape index (κ3) is 1.85. The Morgan fingerprint density at radius 2 is 2.40 bits per heavy atom. The van der Waals surface area contributed by atoms with Crippen molar-refractivity contribution >= 4 is 17.2 Å². The standard InChI is InChI=1S/C15H15N3OS/c19-15(7-11-2-1-5-20-11)18-10-3-4-14(18)12-8-16-9-17-13(12)6-10/h1-2,5,8-10,14H,3-4,6-7H2/t10-,14-/m0/s1. The molecule has 20 heavy (non-hydrogen) atoms. The summed E-state index contributed by atoms with van der Waals surface area (Å²) in [5.41, 5.74) is 2.29. The number of thiophene rings is 1. The van der Waals surface area contributed by atoms with Crippen molar-refractivity contribution in [1.82, 2.24) is 14.9 Å². The van der Waals surface area contributed by atoms with Gasteiger partial charge in [0.05, 0.1) is 18.2 Å². The lowest BCUT2D eigenvalue weighted by Crippen LogP contribution is -2.42. The molecule has 0 aliphatic carbocycles. The Balaban J connectivity index is 1.63. The van der Waals surface area contributed by atoms with Gasteiger partial charge >= 0.3 is 0 Å². The van der Waals surface area contributed by atoms with Crippen LogP contribution in [0.1, 0.15) is 35.0 Å². The molecule has 2 atom stereocenters. The van der Waals surface area contributed by atoms with Crippen LogP contribution in [0.25, 0.3) is 0 Å². The van der Waals surface area contributed by atoms with Gasteiger partial charge in [-0.1, -0.05) is 6.07 Å². The molecule has 4 nitrogen and oxygen atoms in total. The fourth-order valence-electron chi connectivity index (χ4n) is 3.46. The first-order valence-corrected chi connectivity index (χ1v) is 7.83. The smallest absolute Gasteiger partial charge is 0.228 e. The van der Waals surface area contributed by atoms with Gasteiger partial charge in [-0.2, -0.15) is 0 Å². The SMILES string of the molecule is O=C(Cc1cccs1)N1[C@H]2CC[C@H]1c1cncnc1C2. The highest BCUT2D eigenvalue weighted by molar-refractivity contribution is 7.10. The molecular formula is C15H15N3OS. The minimum absolute atomic E-state index is 0.192. The van der Waals surface area contributed by atoms with E-state index in [1.807, 2.05) is 23.7 Å². The van der Waals surface area contributed by atoms with E-state index in [1.54, 1.807) is 17.7 Å². The molecule has 4 rings (SSSR count). The van der Waals surface area contributed by atoms with Crippen LogP contribution in [0.5, 0.6) is 0 Å². The van der Waals surface area contributed by atoms with Crippen molar-refractivity contribution < 1.29 is 4.79 Å². The quantitative estimate of drug-likeness (QED) is 0.851. The summed E-state index contributed by atoms with van der Waals surface area (Å²) < 4.78 is 0. The fourth-order valence-corrected chi connectivity index (χ4v) is 4.15. The second-order valence-electron chi connectivity index (χ2n) is 5.43. The van der Waals surface area contributed by atoms with Crippen molar-refractivity contribution in [2.24, 2.45) is 0 Å². The van der Waals surface area contributed by atoms with Gasteiger partial charge in [-0.25, -0.2) is 9.97 Å². The number of fused-ring (bicyclic) bond motifs is 4. The van der Waals surface area contributed by atoms with Crippen LogP contribution in [-0.2, 0) is 17.6 Å². The van der Waals surface area contributed by atoms with Gasteiger partial charge in [-0.3, -0.25) is 4.79 Å². The third-order valence-electron chi connectivity index (χ3n) is 4.31. The molecule has 4 heterocycles. The molecule has 2 aromatic heterocycles. The largest absolute Gasteiger partial charge is 0.332 e. The lowest BCUT2D eigenvalue weighted by atomic mass is 9.99. The molecule has 1 amide bonds. The van der Waals surface area contributed by atoms with Crippen molar-refractivity contribution in [3.8, 4) is 0 Å². The van der Waals surface area contributed by atoms with E-state index < -0.39 is 0 Å². The van der Waals surface area contributed by atoms with Gasteiger partial charge in [0.25, 0.3) is 0 Å². The fraction of sp³-hybridized carbons (Fsp3) is 0.400. The van der Waals surface area contributed by atoms with Crippen LogP contribution in [-0.4, -0.2) is 26.8 Å². The van der Waals surface area contributed by atoms with Crippen molar-refractivity contribution in [3.05, 3.63) is 46.2 Å². The summed E-state index contributed by atoms with van der Waals surface area (Å²) in [5, 5.41) is 2.02. The van der Waals surface area contributed by atoms with Crippen LogP contribution in [0.2, 0.25) is 0 Å². The van der Waals surface area contributed by atoms with E-state index in [0.717, 1.165) is 35.4 Å². The van der Waals surface area contributed by atoms with Gasteiger partial charge in [-0.15, -0.1) is 11.3 Å². The first-order chi connectivity index (χ1) is 9.83. The number of carbonyl (C=O) groups excluding carboxylic acids is 1. The molecule has 5 heteroatoms. The molecule has 2 aromatic rings. The van der Waals surface area contributed by atoms with Crippen molar-refractivity contribution in [2.45, 2.75) is 37.8 Å². The molecule has 102 valence electrons. The summed E-state index contributed by atoms with van der Waals surface area (Å²) in [6, 6.07) is 4.56. The average Bonchev–Trinajstić information content (AvgIpc) is 3.06. The van der Waals surface area contributed by atoms with Crippen LogP contribution in [0.3, 0.4) is 0 Å². The molecule has 2 aliphatic heterocycles. The van der Waals surface area contributed by atoms with E-state index in [9.17, 15) is 4.79 Å². The number of hydrogen-bond donors (Lipinski definition) is 0. The Hall–Kier alpha value is -1.75. The summed E-state index contributed by atoms with van der Waals surface area (Å²) >= 11 is 1.65. The van der Waals surface area contributed by atoms with Crippen LogP contribution in [0.15, 0.2) is 30.0 Å². The Kier molecular flexibility index (Phi) is 2.80. The molecule has 0 saturated carbocycles. The maximum absolute atomic E-state index is 12.6. The van der Waals surface area contributed by atoms with E-state index in [0.29, 0.717) is 12.5 Å². The predicted octanol–water partition coefficient (Wildman–Crippen LogP) is 2.37. The number of hydrogen-bond acceptors (Lipinski definition) is 4. The molecule has 0 aromatic carbocycles. The van der Waals surface area contributed by atoms with E-state index in [4.69, 9.17) is 0 Å². The van der Waals surface area contributed by atoms with Gasteiger partial charge in [0.1, 0.15) is 6.33 Å². The van der Waals surface area contributed by atoms with Crippen LogP contribution in [0.4, 0.5) is 0 Å². The third-order valence-corrected chi connectivity index (χ3v) is 5.19. The van der Waals surface area contributed by atoms with Crippen LogP contribution in [0, 0.1) is 0 Å². The molecule has 0 spiro atoms. The number of rotatable bonds is 2. The number of carbonyl (C=O) groups is 1. The zero-order valence-electron chi connectivity index (χ0n) is 11.0. The zero-order valence-corrected chi connectivity index (χ0v) is 11.8. The molecule has 1 fully saturated rings. The summed E-state index contributed by atoms with van der Waals surface area (Å²) in [6.45, 7) is 0. The van der Waals surface area contributed by atoms with E-state index in [1.165, 1.54) is 0 Å². The van der Waals surface area contributed by atoms with Crippen molar-refractivity contribution in [1.29, 1.82) is 0 Å². The molecule has 2 aliphatic rings. The number of aromatic nitrogens is 2. The van der Waals surface area contributed by atoms with Gasteiger partial charge < -0.3 is 4.90 Å². The summed E-state index contributed by atoms with van der Waals surface area (Å²) in [7, 11) is 0. The van der Waals surface area contributed by atoms with E-state index in [2.05, 4.69) is 14.9 Å². The van der Waals surface area contributed by atoms with Gasteiger partial charge in [0, 0.05) is 29.1 Å². The molecule has 2 bridgehead atoms. The topological polar surface area (TPSA) is 46.1 Å².